The van der Waals surface area contributed by atoms with E-state index in [0.717, 1.165) is 47.1 Å². The minimum absolute atomic E-state index is 0.0448. The number of ketones is 2. The SMILES string of the molecule is CC.COC(=O)C#C[C@]1(O)CC[C@H]2[C@@H]3CC(=O)c4cc(C)ccc4[C@H]3CC[C@@]21C.COC(=O)C#C[C@]1(O)CC[C@H]2[C@@H]3CC(=O)c4cc(C)ccc4[C@H]3C[C@@H](O)[C@@]21C. The molecule has 304 valence electrons. The van der Waals surface area contributed by atoms with Crippen molar-refractivity contribution in [3.63, 3.8) is 0 Å². The molecule has 4 fully saturated rings. The molecule has 0 aliphatic heterocycles. The van der Waals surface area contributed by atoms with Crippen LogP contribution in [0.5, 0.6) is 0 Å². The molecule has 4 saturated carbocycles. The fourth-order valence-electron chi connectivity index (χ4n) is 11.9. The Morgan fingerprint density at radius 1 is 0.702 bits per heavy atom. The third-order valence-corrected chi connectivity index (χ3v) is 15.0. The summed E-state index contributed by atoms with van der Waals surface area (Å²) in [5.41, 5.74) is 2.06. The second kappa shape index (κ2) is 15.8. The lowest BCUT2D eigenvalue weighted by molar-refractivity contribution is -0.141. The van der Waals surface area contributed by atoms with Crippen molar-refractivity contribution in [1.82, 2.24) is 0 Å². The van der Waals surface area contributed by atoms with Gasteiger partial charge in [-0.05, 0) is 118 Å². The Morgan fingerprint density at radius 2 is 1.18 bits per heavy atom. The van der Waals surface area contributed by atoms with Crippen LogP contribution in [0.15, 0.2) is 36.4 Å². The zero-order chi connectivity index (χ0) is 41.7. The zero-order valence-electron chi connectivity index (χ0n) is 34.7. The van der Waals surface area contributed by atoms with Crippen molar-refractivity contribution in [2.24, 2.45) is 34.5 Å². The quantitative estimate of drug-likeness (QED) is 0.149. The maximum atomic E-state index is 12.9. The summed E-state index contributed by atoms with van der Waals surface area (Å²) in [7, 11) is 2.53. The molecule has 0 unspecified atom stereocenters. The average molecular weight is 779 g/mol. The van der Waals surface area contributed by atoms with E-state index >= 15 is 0 Å². The number of benzene rings is 2. The van der Waals surface area contributed by atoms with Crippen molar-refractivity contribution in [3.8, 4) is 23.7 Å². The van der Waals surface area contributed by atoms with Crippen molar-refractivity contribution in [2.45, 2.75) is 128 Å². The highest BCUT2D eigenvalue weighted by Gasteiger charge is 2.66. The summed E-state index contributed by atoms with van der Waals surface area (Å²) in [6.07, 6.45) is 4.84. The lowest BCUT2D eigenvalue weighted by Gasteiger charge is -2.54. The number of ether oxygens (including phenoxy) is 2. The van der Waals surface area contributed by atoms with Gasteiger partial charge in [-0.2, -0.15) is 0 Å². The van der Waals surface area contributed by atoms with Gasteiger partial charge in [0.25, 0.3) is 0 Å². The molecule has 6 aliphatic rings. The van der Waals surface area contributed by atoms with Gasteiger partial charge in [0.2, 0.25) is 0 Å². The number of hydrogen-bond acceptors (Lipinski definition) is 9. The first-order valence-electron chi connectivity index (χ1n) is 20.6. The Hall–Kier alpha value is -4.28. The van der Waals surface area contributed by atoms with Crippen molar-refractivity contribution in [1.29, 1.82) is 0 Å². The van der Waals surface area contributed by atoms with Gasteiger partial charge in [-0.3, -0.25) is 9.59 Å². The molecule has 8 rings (SSSR count). The van der Waals surface area contributed by atoms with Crippen LogP contribution in [0.1, 0.15) is 140 Å². The van der Waals surface area contributed by atoms with Crippen LogP contribution in [-0.2, 0) is 19.1 Å². The summed E-state index contributed by atoms with van der Waals surface area (Å²) in [6.45, 7) is 11.9. The molecule has 0 amide bonds. The minimum atomic E-state index is -1.48. The molecule has 0 aromatic heterocycles. The Labute approximate surface area is 337 Å². The summed E-state index contributed by atoms with van der Waals surface area (Å²) >= 11 is 0. The van der Waals surface area contributed by atoms with E-state index in [4.69, 9.17) is 0 Å². The molecule has 0 radical (unpaired) electrons. The molecule has 0 saturated heterocycles. The highest BCUT2D eigenvalue weighted by molar-refractivity contribution is 6.00. The summed E-state index contributed by atoms with van der Waals surface area (Å²) in [6, 6.07) is 12.2. The van der Waals surface area contributed by atoms with Gasteiger partial charge < -0.3 is 24.8 Å². The normalized spacial score (nSPS) is 36.4. The predicted octanol–water partition coefficient (Wildman–Crippen LogP) is 6.79. The van der Waals surface area contributed by atoms with Gasteiger partial charge in [0, 0.05) is 46.6 Å². The zero-order valence-corrected chi connectivity index (χ0v) is 34.7. The van der Waals surface area contributed by atoms with E-state index in [1.54, 1.807) is 0 Å². The van der Waals surface area contributed by atoms with Crippen molar-refractivity contribution in [2.75, 3.05) is 14.2 Å². The van der Waals surface area contributed by atoms with E-state index < -0.39 is 40.1 Å². The highest BCUT2D eigenvalue weighted by Crippen LogP contribution is 2.65. The van der Waals surface area contributed by atoms with Crippen molar-refractivity contribution < 1.29 is 44.0 Å². The largest absolute Gasteiger partial charge is 0.459 e. The van der Waals surface area contributed by atoms with Crippen LogP contribution in [0.2, 0.25) is 0 Å². The van der Waals surface area contributed by atoms with Crippen LogP contribution in [0.4, 0.5) is 0 Å². The molecule has 2 aromatic rings. The maximum absolute atomic E-state index is 12.9. The van der Waals surface area contributed by atoms with Crippen LogP contribution in [0.3, 0.4) is 0 Å². The lowest BCUT2D eigenvalue weighted by atomic mass is 9.52. The van der Waals surface area contributed by atoms with Gasteiger partial charge in [-0.1, -0.05) is 74.9 Å². The van der Waals surface area contributed by atoms with E-state index in [1.165, 1.54) is 19.8 Å². The lowest BCUT2D eigenvalue weighted by Crippen LogP contribution is -2.58. The average Bonchev–Trinajstić information content (AvgIpc) is 3.64. The number of Topliss-reactive ketones (excluding diaryl/α,β-unsaturated/α-hetero) is 2. The molecule has 9 nitrogen and oxygen atoms in total. The Morgan fingerprint density at radius 3 is 1.72 bits per heavy atom. The maximum Gasteiger partial charge on any atom is 0.384 e. The van der Waals surface area contributed by atoms with Crippen LogP contribution >= 0.6 is 0 Å². The fraction of sp³-hybridized carbons (Fsp3) is 0.583. The second-order valence-corrected chi connectivity index (χ2v) is 17.5. The Balaban J connectivity index is 0.000000185. The summed E-state index contributed by atoms with van der Waals surface area (Å²) in [4.78, 5) is 48.7. The monoisotopic (exact) mass is 778 g/mol. The number of aliphatic hydroxyl groups is 3. The summed E-state index contributed by atoms with van der Waals surface area (Å²) in [5, 5.41) is 33.8. The fourth-order valence-corrected chi connectivity index (χ4v) is 11.9. The van der Waals surface area contributed by atoms with E-state index in [-0.39, 0.29) is 41.2 Å². The number of aryl methyl sites for hydroxylation is 2. The van der Waals surface area contributed by atoms with Gasteiger partial charge in [0.1, 0.15) is 11.2 Å². The highest BCUT2D eigenvalue weighted by atomic mass is 16.5. The first-order valence-corrected chi connectivity index (χ1v) is 20.6. The molecule has 2 aromatic carbocycles. The molecule has 0 spiro atoms. The molecule has 3 N–H and O–H groups in total. The number of carbonyl (C=O) groups is 4. The van der Waals surface area contributed by atoms with Crippen LogP contribution in [-0.4, -0.2) is 70.4 Å². The van der Waals surface area contributed by atoms with E-state index in [9.17, 15) is 34.5 Å². The molecule has 6 aliphatic carbocycles. The number of carbonyl (C=O) groups excluding carboxylic acids is 4. The minimum Gasteiger partial charge on any atom is -0.459 e. The number of hydrogen-bond donors (Lipinski definition) is 3. The first kappa shape index (κ1) is 42.3. The number of esters is 2. The van der Waals surface area contributed by atoms with Gasteiger partial charge in [0.05, 0.1) is 20.3 Å². The molecule has 57 heavy (non-hydrogen) atoms. The standard InChI is InChI=1S/C23H26O5.C23H26O4.C2H6/c1-13-4-5-14-15-12-20(25)22(2)18(16(15)11-19(24)17(14)10-13)6-8-23(22,27)9-7-21(26)28-3;1-14-4-5-15-16-6-9-22(2)19(17(16)13-20(24)18(15)12-14)7-10-23(22,26)11-8-21(25)27-3;1-2/h4-5,10,15-16,18,20,25,27H,6,8,11-12H2,1-3H3;4-5,12,16-17,19,26H,6-7,9-10,13H2,1-3H3;1-2H3/t15-,16-,18+,20-,22-,23-;16-,17-,19+,22+,23-;/m11./s1. The molecule has 9 heteroatoms. The Kier molecular flexibility index (Phi) is 11.7. The van der Waals surface area contributed by atoms with E-state index in [2.05, 4.69) is 52.2 Å². The third-order valence-electron chi connectivity index (χ3n) is 15.0. The second-order valence-electron chi connectivity index (χ2n) is 17.5. The molecule has 0 heterocycles. The molecular formula is C48H58O9. The van der Waals surface area contributed by atoms with Crippen molar-refractivity contribution in [3.05, 3.63) is 69.8 Å². The smallest absolute Gasteiger partial charge is 0.384 e. The molecule has 0 bridgehead atoms. The number of methoxy groups -OCH3 is 2. The number of rotatable bonds is 0. The van der Waals surface area contributed by atoms with E-state index in [1.807, 2.05) is 58.9 Å². The van der Waals surface area contributed by atoms with E-state index in [0.29, 0.717) is 44.4 Å². The molecular weight excluding hydrogens is 721 g/mol. The summed E-state index contributed by atoms with van der Waals surface area (Å²) < 4.78 is 9.17. The van der Waals surface area contributed by atoms with Crippen molar-refractivity contribution >= 4 is 23.5 Å². The first-order chi connectivity index (χ1) is 27.0. The van der Waals surface area contributed by atoms with Gasteiger partial charge in [-0.15, -0.1) is 0 Å². The van der Waals surface area contributed by atoms with Gasteiger partial charge >= 0.3 is 11.9 Å². The van der Waals surface area contributed by atoms with Gasteiger partial charge in [0.15, 0.2) is 11.6 Å². The summed E-state index contributed by atoms with van der Waals surface area (Å²) in [5.74, 6) is 10.3. The van der Waals surface area contributed by atoms with Crippen LogP contribution < -0.4 is 0 Å². The van der Waals surface area contributed by atoms with Crippen LogP contribution in [0, 0.1) is 72.0 Å². The number of aliphatic hydroxyl groups excluding tert-OH is 1. The van der Waals surface area contributed by atoms with Crippen LogP contribution in [0.25, 0.3) is 0 Å². The Bertz CT molecular complexity index is 2080. The third kappa shape index (κ3) is 6.94. The topological polar surface area (TPSA) is 147 Å². The predicted molar refractivity (Wildman–Crippen MR) is 215 cm³/mol. The number of fused-ring (bicyclic) bond motifs is 10. The molecule has 11 atom stereocenters. The van der Waals surface area contributed by atoms with Gasteiger partial charge in [-0.25, -0.2) is 9.59 Å².